The number of halogens is 1. The van der Waals surface area contributed by atoms with Gasteiger partial charge in [0.25, 0.3) is 0 Å². The molecule has 0 aliphatic rings. The highest BCUT2D eigenvalue weighted by Gasteiger charge is 2.14. The molecular formula is C14H19ClN4O2. The highest BCUT2D eigenvalue weighted by Crippen LogP contribution is 2.14. The van der Waals surface area contributed by atoms with Crippen LogP contribution in [-0.2, 0) is 17.8 Å². The Morgan fingerprint density at radius 3 is 2.86 bits per heavy atom. The van der Waals surface area contributed by atoms with Crippen LogP contribution in [0, 0.1) is 0 Å². The molecular weight excluding hydrogens is 292 g/mol. The zero-order chi connectivity index (χ0) is 15.2. The van der Waals surface area contributed by atoms with Gasteiger partial charge in [-0.25, -0.2) is 4.98 Å². The van der Waals surface area contributed by atoms with Crippen LogP contribution in [0.3, 0.4) is 0 Å². The van der Waals surface area contributed by atoms with Crippen molar-refractivity contribution in [2.24, 2.45) is 0 Å². The van der Waals surface area contributed by atoms with Crippen molar-refractivity contribution < 1.29 is 9.26 Å². The lowest BCUT2D eigenvalue weighted by atomic mass is 10.3. The van der Waals surface area contributed by atoms with E-state index in [1.54, 1.807) is 12.3 Å². The van der Waals surface area contributed by atoms with Crippen LogP contribution in [0.25, 0.3) is 0 Å². The van der Waals surface area contributed by atoms with Crippen LogP contribution < -0.4 is 0 Å². The zero-order valence-corrected chi connectivity index (χ0v) is 13.2. The van der Waals surface area contributed by atoms with Gasteiger partial charge in [0, 0.05) is 19.3 Å². The van der Waals surface area contributed by atoms with E-state index in [4.69, 9.17) is 20.9 Å². The van der Waals surface area contributed by atoms with E-state index in [1.165, 1.54) is 0 Å². The standard InChI is InChI=1S/C14H19ClN4O2/c1-4-20-10(2)14-17-13(21-18-14)9-19(3)8-11-5-6-12(15)16-7-11/h5-7,10H,4,8-9H2,1-3H3/t10-/m1/s1. The van der Waals surface area contributed by atoms with E-state index in [1.807, 2.05) is 27.0 Å². The molecule has 2 heterocycles. The number of rotatable bonds is 7. The first-order valence-electron chi connectivity index (χ1n) is 6.81. The van der Waals surface area contributed by atoms with E-state index in [0.29, 0.717) is 30.0 Å². The smallest absolute Gasteiger partial charge is 0.240 e. The molecule has 2 rings (SSSR count). The predicted octanol–water partition coefficient (Wildman–Crippen LogP) is 2.85. The Labute approximate surface area is 129 Å². The Kier molecular flexibility index (Phi) is 5.67. The van der Waals surface area contributed by atoms with Crippen molar-refractivity contribution in [3.63, 3.8) is 0 Å². The molecule has 0 saturated heterocycles. The molecule has 7 heteroatoms. The van der Waals surface area contributed by atoms with Crippen LogP contribution in [0.15, 0.2) is 22.9 Å². The van der Waals surface area contributed by atoms with Gasteiger partial charge in [0.1, 0.15) is 11.3 Å². The number of pyridine rings is 1. The first kappa shape index (κ1) is 15.9. The van der Waals surface area contributed by atoms with Crippen molar-refractivity contribution in [2.45, 2.75) is 33.0 Å². The maximum atomic E-state index is 5.77. The molecule has 0 saturated carbocycles. The van der Waals surface area contributed by atoms with Crippen LogP contribution >= 0.6 is 11.6 Å². The van der Waals surface area contributed by atoms with Crippen molar-refractivity contribution in [1.82, 2.24) is 20.0 Å². The number of hydrogen-bond donors (Lipinski definition) is 0. The topological polar surface area (TPSA) is 64.3 Å². The van der Waals surface area contributed by atoms with Gasteiger partial charge in [-0.1, -0.05) is 22.8 Å². The maximum absolute atomic E-state index is 5.77. The summed E-state index contributed by atoms with van der Waals surface area (Å²) < 4.78 is 10.7. The molecule has 0 radical (unpaired) electrons. The number of hydrogen-bond acceptors (Lipinski definition) is 6. The summed E-state index contributed by atoms with van der Waals surface area (Å²) >= 11 is 5.77. The van der Waals surface area contributed by atoms with Gasteiger partial charge in [0.15, 0.2) is 5.82 Å². The first-order chi connectivity index (χ1) is 10.1. The minimum atomic E-state index is -0.154. The lowest BCUT2D eigenvalue weighted by Gasteiger charge is -2.13. The van der Waals surface area contributed by atoms with E-state index >= 15 is 0 Å². The second-order valence-corrected chi connectivity index (χ2v) is 5.19. The summed E-state index contributed by atoms with van der Waals surface area (Å²) in [6, 6.07) is 3.72. The van der Waals surface area contributed by atoms with Gasteiger partial charge in [0.2, 0.25) is 5.89 Å². The lowest BCUT2D eigenvalue weighted by Crippen LogP contribution is -2.17. The van der Waals surface area contributed by atoms with Gasteiger partial charge in [0.05, 0.1) is 6.54 Å². The minimum absolute atomic E-state index is 0.154. The van der Waals surface area contributed by atoms with Gasteiger partial charge in [-0.3, -0.25) is 4.90 Å². The van der Waals surface area contributed by atoms with Crippen LogP contribution in [0.1, 0.15) is 37.2 Å². The van der Waals surface area contributed by atoms with Crippen molar-refractivity contribution in [3.8, 4) is 0 Å². The number of aromatic nitrogens is 3. The van der Waals surface area contributed by atoms with Crippen LogP contribution in [0.5, 0.6) is 0 Å². The van der Waals surface area contributed by atoms with E-state index < -0.39 is 0 Å². The SMILES string of the molecule is CCO[C@H](C)c1noc(CN(C)Cc2ccc(Cl)nc2)n1. The normalized spacial score (nSPS) is 12.8. The molecule has 0 spiro atoms. The van der Waals surface area contributed by atoms with Crippen LogP contribution in [0.2, 0.25) is 5.15 Å². The highest BCUT2D eigenvalue weighted by molar-refractivity contribution is 6.29. The van der Waals surface area contributed by atoms with E-state index in [0.717, 1.165) is 12.1 Å². The van der Waals surface area contributed by atoms with Crippen LogP contribution in [0.4, 0.5) is 0 Å². The molecule has 114 valence electrons. The summed E-state index contributed by atoms with van der Waals surface area (Å²) in [5.74, 6) is 1.15. The van der Waals surface area contributed by atoms with Crippen molar-refractivity contribution >= 4 is 11.6 Å². The largest absolute Gasteiger partial charge is 0.371 e. The first-order valence-corrected chi connectivity index (χ1v) is 7.19. The molecule has 0 aromatic carbocycles. The van der Waals surface area contributed by atoms with Crippen molar-refractivity contribution in [1.29, 1.82) is 0 Å². The third-order valence-electron chi connectivity index (χ3n) is 2.91. The minimum Gasteiger partial charge on any atom is -0.371 e. The van der Waals surface area contributed by atoms with E-state index in [-0.39, 0.29) is 6.10 Å². The summed E-state index contributed by atoms with van der Waals surface area (Å²) in [5.41, 5.74) is 1.07. The second kappa shape index (κ2) is 7.49. The van der Waals surface area contributed by atoms with Gasteiger partial charge in [-0.05, 0) is 32.5 Å². The third-order valence-corrected chi connectivity index (χ3v) is 3.13. The Morgan fingerprint density at radius 1 is 1.38 bits per heavy atom. The summed E-state index contributed by atoms with van der Waals surface area (Å²) in [7, 11) is 1.98. The molecule has 2 aromatic heterocycles. The molecule has 0 fully saturated rings. The van der Waals surface area contributed by atoms with Gasteiger partial charge < -0.3 is 9.26 Å². The summed E-state index contributed by atoms with van der Waals surface area (Å²) in [6.07, 6.45) is 1.60. The fraction of sp³-hybridized carbons (Fsp3) is 0.500. The van der Waals surface area contributed by atoms with Gasteiger partial charge in [-0.15, -0.1) is 0 Å². The average Bonchev–Trinajstić information content (AvgIpc) is 2.90. The third kappa shape index (κ3) is 4.77. The van der Waals surface area contributed by atoms with E-state index in [2.05, 4.69) is 20.0 Å². The molecule has 1 atom stereocenters. The molecule has 0 aliphatic heterocycles. The quantitative estimate of drug-likeness (QED) is 0.733. The molecule has 2 aromatic rings. The summed E-state index contributed by atoms with van der Waals surface area (Å²) in [5, 5.41) is 4.43. The molecule has 0 amide bonds. The molecule has 0 bridgehead atoms. The molecule has 6 nitrogen and oxygen atoms in total. The maximum Gasteiger partial charge on any atom is 0.240 e. The van der Waals surface area contributed by atoms with Gasteiger partial charge >= 0.3 is 0 Å². The molecule has 0 N–H and O–H groups in total. The molecule has 0 aliphatic carbocycles. The highest BCUT2D eigenvalue weighted by atomic mass is 35.5. The Bertz CT molecular complexity index is 558. The number of ether oxygens (including phenoxy) is 1. The monoisotopic (exact) mass is 310 g/mol. The Morgan fingerprint density at radius 2 is 2.19 bits per heavy atom. The second-order valence-electron chi connectivity index (χ2n) is 4.81. The van der Waals surface area contributed by atoms with Crippen LogP contribution in [-0.4, -0.2) is 33.7 Å². The fourth-order valence-corrected chi connectivity index (χ4v) is 2.03. The predicted molar refractivity (Wildman–Crippen MR) is 78.8 cm³/mol. The summed E-state index contributed by atoms with van der Waals surface area (Å²) in [4.78, 5) is 10.5. The number of nitrogens with zero attached hydrogens (tertiary/aromatic N) is 4. The molecule has 0 unspecified atom stereocenters. The fourth-order valence-electron chi connectivity index (χ4n) is 1.92. The Balaban J connectivity index is 1.90. The van der Waals surface area contributed by atoms with E-state index in [9.17, 15) is 0 Å². The lowest BCUT2D eigenvalue weighted by molar-refractivity contribution is 0.0683. The zero-order valence-electron chi connectivity index (χ0n) is 12.4. The average molecular weight is 311 g/mol. The van der Waals surface area contributed by atoms with Gasteiger partial charge in [-0.2, -0.15) is 4.98 Å². The summed E-state index contributed by atoms with van der Waals surface area (Å²) in [6.45, 7) is 5.75. The Hall–Kier alpha value is -1.50. The van der Waals surface area contributed by atoms with Crippen molar-refractivity contribution in [3.05, 3.63) is 40.8 Å². The van der Waals surface area contributed by atoms with Crippen molar-refractivity contribution in [2.75, 3.05) is 13.7 Å². The molecule has 21 heavy (non-hydrogen) atoms.